The van der Waals surface area contributed by atoms with Gasteiger partial charge in [0.1, 0.15) is 9.15 Å². The molecule has 0 radical (unpaired) electrons. The van der Waals surface area contributed by atoms with Crippen molar-refractivity contribution in [3.8, 4) is 0 Å². The molecule has 0 N–H and O–H groups in total. The van der Waals surface area contributed by atoms with Crippen molar-refractivity contribution in [3.63, 3.8) is 0 Å². The minimum Gasteiger partial charge on any atom is -0.563 e. The fraction of sp³-hybridized carbons (Fsp3) is 0.143. The molecule has 0 saturated carbocycles. The summed E-state index contributed by atoms with van der Waals surface area (Å²) in [5.74, 6) is 0. The largest absolute Gasteiger partial charge is 2.00 e. The first kappa shape index (κ1) is 20.8. The second-order valence-corrected chi connectivity index (χ2v) is 4.88. The van der Waals surface area contributed by atoms with Crippen LogP contribution >= 0.6 is 39.7 Å². The zero-order valence-corrected chi connectivity index (χ0v) is 16.1. The topological polar surface area (TPSA) is 89.5 Å². The summed E-state index contributed by atoms with van der Waals surface area (Å²) in [6.45, 7) is 0. The van der Waals surface area contributed by atoms with Crippen LogP contribution in [0.3, 0.4) is 0 Å². The summed E-state index contributed by atoms with van der Waals surface area (Å²) in [7, 11) is -6.47. The van der Waals surface area contributed by atoms with Crippen molar-refractivity contribution in [1.29, 1.82) is 0 Å². The van der Waals surface area contributed by atoms with Crippen molar-refractivity contribution >= 4 is 88.6 Å². The second kappa shape index (κ2) is 12.5. The number of alkyl halides is 2. The average molecular weight is 440 g/mol. The molecule has 0 fully saturated rings. The zero-order chi connectivity index (χ0) is 12.6. The van der Waals surface area contributed by atoms with E-state index in [0.29, 0.717) is 0 Å². The predicted octanol–water partition coefficient (Wildman–Crippen LogP) is 1.82. The average Bonchev–Trinajstić information content (AvgIpc) is 2.17. The Labute approximate surface area is 150 Å². The van der Waals surface area contributed by atoms with E-state index in [4.69, 9.17) is 23.2 Å². The van der Waals surface area contributed by atoms with Crippen LogP contribution in [0.1, 0.15) is 10.4 Å². The molecule has 0 bridgehead atoms. The SMILES string of the molecule is ClC(Cl)c1ccccc1.O=[P+]([O-])O[P+](=O)[O-].[Ba+2]. The van der Waals surface area contributed by atoms with Crippen molar-refractivity contribution in [2.75, 3.05) is 0 Å². The van der Waals surface area contributed by atoms with E-state index in [0.717, 1.165) is 5.56 Å². The Kier molecular flexibility index (Phi) is 15.2. The molecule has 0 aromatic heterocycles. The van der Waals surface area contributed by atoms with E-state index in [2.05, 4.69) is 4.31 Å². The van der Waals surface area contributed by atoms with Gasteiger partial charge in [-0.1, -0.05) is 30.3 Å². The van der Waals surface area contributed by atoms with Gasteiger partial charge < -0.3 is 9.79 Å². The van der Waals surface area contributed by atoms with Crippen LogP contribution in [0.2, 0.25) is 0 Å². The van der Waals surface area contributed by atoms with Crippen LogP contribution in [-0.4, -0.2) is 48.9 Å². The summed E-state index contributed by atoms with van der Waals surface area (Å²) >= 11 is 11.1. The smallest absolute Gasteiger partial charge is 0.563 e. The molecule has 1 rings (SSSR count). The van der Waals surface area contributed by atoms with Crippen LogP contribution in [0, 0.1) is 0 Å². The van der Waals surface area contributed by atoms with Gasteiger partial charge in [-0.15, -0.1) is 23.2 Å². The molecule has 0 aliphatic rings. The van der Waals surface area contributed by atoms with E-state index >= 15 is 0 Å². The Balaban J connectivity index is 0. The number of hydrogen-bond acceptors (Lipinski definition) is 5. The Morgan fingerprint density at radius 2 is 1.47 bits per heavy atom. The van der Waals surface area contributed by atoms with E-state index < -0.39 is 21.3 Å². The fourth-order valence-corrected chi connectivity index (χ4v) is 1.38. The minimum absolute atomic E-state index is 0. The third-order valence-corrected chi connectivity index (χ3v) is 2.76. The molecule has 2 atom stereocenters. The van der Waals surface area contributed by atoms with E-state index in [1.807, 2.05) is 30.3 Å². The van der Waals surface area contributed by atoms with Gasteiger partial charge in [-0.25, -0.2) is 0 Å². The maximum absolute atomic E-state index is 9.24. The van der Waals surface area contributed by atoms with E-state index in [-0.39, 0.29) is 48.9 Å². The molecule has 1 aromatic carbocycles. The standard InChI is InChI=1S/C7H6Cl2.Ba.O5P2/c8-7(9)6-4-2-1-3-5-6;;1-6(2)5-7(3)4/h1-5,7H;;/q;+2;. The molecule has 0 saturated heterocycles. The van der Waals surface area contributed by atoms with Gasteiger partial charge in [-0.05, 0) is 14.7 Å². The molecule has 0 aliphatic carbocycles. The van der Waals surface area contributed by atoms with Crippen molar-refractivity contribution in [1.82, 2.24) is 0 Å². The minimum atomic E-state index is -3.24. The molecule has 1 aromatic rings. The van der Waals surface area contributed by atoms with Gasteiger partial charge in [0.15, 0.2) is 0 Å². The first-order chi connectivity index (χ1) is 7.43. The van der Waals surface area contributed by atoms with E-state index in [1.54, 1.807) is 0 Å². The summed E-state index contributed by atoms with van der Waals surface area (Å²) < 4.78 is 21.6. The van der Waals surface area contributed by atoms with Gasteiger partial charge in [-0.3, -0.25) is 0 Å². The molecule has 0 amide bonds. The summed E-state index contributed by atoms with van der Waals surface area (Å²) in [5, 5.41) is 0. The summed E-state index contributed by atoms with van der Waals surface area (Å²) in [6.07, 6.45) is 0. The van der Waals surface area contributed by atoms with Crippen molar-refractivity contribution in [2.24, 2.45) is 0 Å². The maximum Gasteiger partial charge on any atom is 2.00 e. The van der Waals surface area contributed by atoms with Gasteiger partial charge >= 0.3 is 65.4 Å². The van der Waals surface area contributed by atoms with Crippen LogP contribution in [-0.2, 0) is 13.4 Å². The molecule has 10 heteroatoms. The number of halogens is 2. The molecule has 2 unspecified atom stereocenters. The summed E-state index contributed by atoms with van der Waals surface area (Å²) in [4.78, 5) is 18.1. The third-order valence-electron chi connectivity index (χ3n) is 1.18. The molecular formula is C7H6BaCl2O5P2+2. The van der Waals surface area contributed by atoms with Gasteiger partial charge in [0.05, 0.1) is 0 Å². The van der Waals surface area contributed by atoms with Crippen LogP contribution in [0.25, 0.3) is 0 Å². The monoisotopic (exact) mass is 440 g/mol. The summed E-state index contributed by atoms with van der Waals surface area (Å²) in [5.41, 5.74) is 0.945. The van der Waals surface area contributed by atoms with Crippen LogP contribution < -0.4 is 9.79 Å². The van der Waals surface area contributed by atoms with Gasteiger partial charge in [0.25, 0.3) is 0 Å². The Bertz CT molecular complexity index is 339. The van der Waals surface area contributed by atoms with Crippen molar-refractivity contribution in [3.05, 3.63) is 35.9 Å². The van der Waals surface area contributed by atoms with Gasteiger partial charge in [0, 0.05) is 0 Å². The quantitative estimate of drug-likeness (QED) is 0.407. The predicted molar refractivity (Wildman–Crippen MR) is 62.9 cm³/mol. The number of benzene rings is 1. The van der Waals surface area contributed by atoms with Crippen LogP contribution in [0.15, 0.2) is 30.3 Å². The molecule has 5 nitrogen and oxygen atoms in total. The first-order valence-electron chi connectivity index (χ1n) is 3.73. The second-order valence-electron chi connectivity index (χ2n) is 2.24. The molecular weight excluding hydrogens is 434 g/mol. The fourth-order valence-electron chi connectivity index (χ4n) is 0.653. The number of rotatable bonds is 3. The molecule has 0 aliphatic heterocycles. The van der Waals surface area contributed by atoms with Crippen LogP contribution in [0.5, 0.6) is 0 Å². The van der Waals surface area contributed by atoms with Crippen LogP contribution in [0.4, 0.5) is 0 Å². The molecule has 0 heterocycles. The summed E-state index contributed by atoms with van der Waals surface area (Å²) in [6, 6.07) is 9.54. The molecule has 88 valence electrons. The van der Waals surface area contributed by atoms with Gasteiger partial charge in [0.2, 0.25) is 0 Å². The first-order valence-corrected chi connectivity index (χ1v) is 6.80. The van der Waals surface area contributed by atoms with Crippen molar-refractivity contribution < 1.29 is 23.2 Å². The normalized spacial score (nSPS) is 10.9. The van der Waals surface area contributed by atoms with E-state index in [1.165, 1.54) is 0 Å². The third kappa shape index (κ3) is 13.7. The Hall–Kier alpha value is 1.45. The molecule has 0 spiro atoms. The van der Waals surface area contributed by atoms with E-state index in [9.17, 15) is 18.9 Å². The van der Waals surface area contributed by atoms with Crippen molar-refractivity contribution in [2.45, 2.75) is 4.84 Å². The Morgan fingerprint density at radius 3 is 1.65 bits per heavy atom. The van der Waals surface area contributed by atoms with Gasteiger partial charge in [-0.2, -0.15) is 0 Å². The Morgan fingerprint density at radius 1 is 1.06 bits per heavy atom. The maximum atomic E-state index is 9.24. The molecule has 17 heavy (non-hydrogen) atoms. The number of hydrogen-bond donors (Lipinski definition) is 0. The zero-order valence-electron chi connectivity index (χ0n) is 8.36.